The Morgan fingerprint density at radius 2 is 2.47 bits per heavy atom. The molecule has 2 rings (SSSR count). The van der Waals surface area contributed by atoms with Crippen LogP contribution in [-0.2, 0) is 11.8 Å². The summed E-state index contributed by atoms with van der Waals surface area (Å²) in [6, 6.07) is 1.48. The van der Waals surface area contributed by atoms with E-state index in [2.05, 4.69) is 21.0 Å². The quantitative estimate of drug-likeness (QED) is 0.626. The Kier molecular flexibility index (Phi) is 3.60. The lowest BCUT2D eigenvalue weighted by atomic mass is 10.2. The molecule has 0 aromatic carbocycles. The van der Waals surface area contributed by atoms with Crippen LogP contribution < -0.4 is 20.7 Å². The highest BCUT2D eigenvalue weighted by Crippen LogP contribution is 2.15. The molecule has 2 heterocycles. The summed E-state index contributed by atoms with van der Waals surface area (Å²) >= 11 is 0. The summed E-state index contributed by atoms with van der Waals surface area (Å²) in [4.78, 5) is 11.9. The minimum Gasteiger partial charge on any atom is -0.481 e. The number of amides is 1. The van der Waals surface area contributed by atoms with Crippen molar-refractivity contribution in [3.8, 4) is 5.88 Å². The van der Waals surface area contributed by atoms with Crippen LogP contribution in [0.1, 0.15) is 0 Å². The maximum Gasteiger partial charge on any atom is 0.244 e. The summed E-state index contributed by atoms with van der Waals surface area (Å²) < 4.78 is 6.65. The van der Waals surface area contributed by atoms with Crippen LogP contribution in [0.15, 0.2) is 6.07 Å². The van der Waals surface area contributed by atoms with Gasteiger partial charge >= 0.3 is 0 Å². The summed E-state index contributed by atoms with van der Waals surface area (Å²) in [7, 11) is 3.32. The van der Waals surface area contributed by atoms with Crippen molar-refractivity contribution in [2.75, 3.05) is 32.1 Å². The summed E-state index contributed by atoms with van der Waals surface area (Å²) in [5, 5.41) is 13.2. The zero-order chi connectivity index (χ0) is 12.3. The highest BCUT2D eigenvalue weighted by atomic mass is 16.5. The van der Waals surface area contributed by atoms with E-state index in [1.54, 1.807) is 24.9 Å². The number of methoxy groups -OCH3 is 1. The van der Waals surface area contributed by atoms with Gasteiger partial charge in [-0.1, -0.05) is 0 Å². The minimum atomic E-state index is -0.211. The second-order valence-corrected chi connectivity index (χ2v) is 3.90. The van der Waals surface area contributed by atoms with Crippen LogP contribution in [0.2, 0.25) is 0 Å². The lowest BCUT2D eigenvalue weighted by Gasteiger charge is -2.22. The topological polar surface area (TPSA) is 80.2 Å². The van der Waals surface area contributed by atoms with E-state index in [-0.39, 0.29) is 11.9 Å². The van der Waals surface area contributed by atoms with Gasteiger partial charge in [0.2, 0.25) is 11.8 Å². The molecule has 1 aliphatic heterocycles. The zero-order valence-corrected chi connectivity index (χ0v) is 9.99. The number of hydrogen-bond acceptors (Lipinski definition) is 5. The highest BCUT2D eigenvalue weighted by molar-refractivity contribution is 5.94. The Hall–Kier alpha value is -1.60. The van der Waals surface area contributed by atoms with E-state index < -0.39 is 0 Å². The van der Waals surface area contributed by atoms with E-state index in [1.165, 1.54) is 0 Å². The predicted molar refractivity (Wildman–Crippen MR) is 63.1 cm³/mol. The number of aromatic nitrogens is 2. The molecule has 1 saturated heterocycles. The number of hydrogen-bond donors (Lipinski definition) is 3. The third-order valence-corrected chi connectivity index (χ3v) is 2.65. The number of rotatable bonds is 3. The summed E-state index contributed by atoms with van der Waals surface area (Å²) in [5.74, 6) is 1.02. The number of aryl methyl sites for hydroxylation is 1. The van der Waals surface area contributed by atoms with Gasteiger partial charge in [-0.25, -0.2) is 4.68 Å². The van der Waals surface area contributed by atoms with Crippen LogP contribution >= 0.6 is 0 Å². The first-order valence-electron chi connectivity index (χ1n) is 5.53. The molecular weight excluding hydrogens is 222 g/mol. The van der Waals surface area contributed by atoms with E-state index in [9.17, 15) is 4.79 Å². The van der Waals surface area contributed by atoms with Crippen LogP contribution in [-0.4, -0.2) is 48.5 Å². The largest absolute Gasteiger partial charge is 0.481 e. The van der Waals surface area contributed by atoms with E-state index in [4.69, 9.17) is 4.74 Å². The number of anilines is 1. The van der Waals surface area contributed by atoms with Gasteiger partial charge in [-0.2, -0.15) is 5.10 Å². The van der Waals surface area contributed by atoms with Crippen LogP contribution in [0.3, 0.4) is 0 Å². The zero-order valence-electron chi connectivity index (χ0n) is 9.99. The SMILES string of the molecule is COc1cc(NC(=O)C2CNCCN2)nn1C. The third kappa shape index (κ3) is 2.75. The fraction of sp³-hybridized carbons (Fsp3) is 0.600. The van der Waals surface area contributed by atoms with Crippen molar-refractivity contribution in [1.29, 1.82) is 0 Å². The van der Waals surface area contributed by atoms with Crippen LogP contribution in [0, 0.1) is 0 Å². The molecular formula is C10H17N5O2. The number of piperazine rings is 1. The van der Waals surface area contributed by atoms with Gasteiger partial charge in [-0.05, 0) is 0 Å². The van der Waals surface area contributed by atoms with Gasteiger partial charge in [-0.15, -0.1) is 0 Å². The Labute approximate surface area is 99.5 Å². The smallest absolute Gasteiger partial charge is 0.244 e. The van der Waals surface area contributed by atoms with Crippen molar-refractivity contribution in [1.82, 2.24) is 20.4 Å². The van der Waals surface area contributed by atoms with Crippen molar-refractivity contribution in [2.24, 2.45) is 7.05 Å². The average Bonchev–Trinajstić information content (AvgIpc) is 2.70. The van der Waals surface area contributed by atoms with E-state index in [1.807, 2.05) is 0 Å². The molecule has 1 atom stereocenters. The standard InChI is InChI=1S/C10H17N5O2/c1-15-9(17-2)5-8(14-15)13-10(16)7-6-11-3-4-12-7/h5,7,11-12H,3-4,6H2,1-2H3,(H,13,14,16). The molecule has 7 nitrogen and oxygen atoms in total. The Morgan fingerprint density at radius 3 is 3.06 bits per heavy atom. The number of nitrogens with zero attached hydrogens (tertiary/aromatic N) is 2. The molecule has 0 spiro atoms. The molecule has 1 aliphatic rings. The van der Waals surface area contributed by atoms with Crippen LogP contribution in [0.5, 0.6) is 5.88 Å². The number of carbonyl (C=O) groups excluding carboxylic acids is 1. The number of carbonyl (C=O) groups is 1. The van der Waals surface area contributed by atoms with E-state index in [0.29, 0.717) is 18.2 Å². The van der Waals surface area contributed by atoms with Gasteiger partial charge in [0.25, 0.3) is 0 Å². The average molecular weight is 239 g/mol. The molecule has 1 fully saturated rings. The van der Waals surface area contributed by atoms with Gasteiger partial charge in [0.05, 0.1) is 13.2 Å². The Balaban J connectivity index is 1.97. The molecule has 7 heteroatoms. The third-order valence-electron chi connectivity index (χ3n) is 2.65. The molecule has 1 aromatic rings. The maximum atomic E-state index is 11.9. The second-order valence-electron chi connectivity index (χ2n) is 3.90. The highest BCUT2D eigenvalue weighted by Gasteiger charge is 2.21. The van der Waals surface area contributed by atoms with E-state index >= 15 is 0 Å². The molecule has 3 N–H and O–H groups in total. The Morgan fingerprint density at radius 1 is 1.65 bits per heavy atom. The van der Waals surface area contributed by atoms with Gasteiger partial charge < -0.3 is 20.7 Å². The lowest BCUT2D eigenvalue weighted by molar-refractivity contribution is -0.118. The lowest BCUT2D eigenvalue weighted by Crippen LogP contribution is -2.54. The molecule has 0 bridgehead atoms. The van der Waals surface area contributed by atoms with Gasteiger partial charge in [-0.3, -0.25) is 4.79 Å². The Bertz CT molecular complexity index is 397. The second kappa shape index (κ2) is 5.15. The molecule has 0 aliphatic carbocycles. The molecule has 0 radical (unpaired) electrons. The molecule has 1 amide bonds. The first-order chi connectivity index (χ1) is 8.20. The van der Waals surface area contributed by atoms with Crippen LogP contribution in [0.4, 0.5) is 5.82 Å². The number of ether oxygens (including phenoxy) is 1. The molecule has 1 aromatic heterocycles. The van der Waals surface area contributed by atoms with Crippen molar-refractivity contribution in [3.63, 3.8) is 0 Å². The molecule has 17 heavy (non-hydrogen) atoms. The predicted octanol–water partition coefficient (Wildman–Crippen LogP) is -1.07. The normalized spacial score (nSPS) is 20.0. The van der Waals surface area contributed by atoms with Crippen LogP contribution in [0.25, 0.3) is 0 Å². The fourth-order valence-corrected chi connectivity index (χ4v) is 1.75. The van der Waals surface area contributed by atoms with Gasteiger partial charge in [0.15, 0.2) is 5.82 Å². The first kappa shape index (κ1) is 11.9. The van der Waals surface area contributed by atoms with Gasteiger partial charge in [0, 0.05) is 32.7 Å². The minimum absolute atomic E-state index is 0.0852. The summed E-state index contributed by atoms with van der Waals surface area (Å²) in [6.07, 6.45) is 0. The summed E-state index contributed by atoms with van der Waals surface area (Å²) in [5.41, 5.74) is 0. The summed E-state index contributed by atoms with van der Waals surface area (Å²) in [6.45, 7) is 2.32. The molecule has 1 unspecified atom stereocenters. The fourth-order valence-electron chi connectivity index (χ4n) is 1.75. The van der Waals surface area contributed by atoms with Crippen molar-refractivity contribution in [3.05, 3.63) is 6.07 Å². The van der Waals surface area contributed by atoms with E-state index in [0.717, 1.165) is 13.1 Å². The van der Waals surface area contributed by atoms with Crippen molar-refractivity contribution >= 4 is 11.7 Å². The van der Waals surface area contributed by atoms with Gasteiger partial charge in [0.1, 0.15) is 0 Å². The number of nitrogens with one attached hydrogen (secondary N) is 3. The van der Waals surface area contributed by atoms with Crippen molar-refractivity contribution < 1.29 is 9.53 Å². The van der Waals surface area contributed by atoms with Crippen molar-refractivity contribution in [2.45, 2.75) is 6.04 Å². The molecule has 0 saturated carbocycles. The monoisotopic (exact) mass is 239 g/mol. The first-order valence-corrected chi connectivity index (χ1v) is 5.53. The maximum absolute atomic E-state index is 11.9. The molecule has 94 valence electrons.